The van der Waals surface area contributed by atoms with Crippen molar-refractivity contribution in [3.63, 3.8) is 0 Å². The zero-order valence-electron chi connectivity index (χ0n) is 10.3. The Morgan fingerprint density at radius 1 is 1.24 bits per heavy atom. The SMILES string of the molecule is CCOP(=O)(OCC)c1ccc(OC)c(N)c1. The average Bonchev–Trinajstić information content (AvgIpc) is 2.29. The van der Waals surface area contributed by atoms with Crippen molar-refractivity contribution in [2.45, 2.75) is 13.8 Å². The second kappa shape index (κ2) is 6.05. The van der Waals surface area contributed by atoms with Crippen LogP contribution in [0.4, 0.5) is 5.69 Å². The van der Waals surface area contributed by atoms with Crippen molar-refractivity contribution in [3.8, 4) is 5.75 Å². The number of hydrogen-bond acceptors (Lipinski definition) is 5. The van der Waals surface area contributed by atoms with Crippen LogP contribution in [-0.4, -0.2) is 20.3 Å². The van der Waals surface area contributed by atoms with Gasteiger partial charge >= 0.3 is 7.60 Å². The number of nitrogen functional groups attached to an aromatic ring is 1. The molecule has 0 atom stereocenters. The molecule has 1 rings (SSSR count). The molecule has 0 aliphatic rings. The molecule has 0 amide bonds. The van der Waals surface area contributed by atoms with Crippen LogP contribution in [0.25, 0.3) is 0 Å². The third kappa shape index (κ3) is 3.22. The summed E-state index contributed by atoms with van der Waals surface area (Å²) in [5.74, 6) is 0.535. The van der Waals surface area contributed by atoms with Gasteiger partial charge in [-0.25, -0.2) is 0 Å². The van der Waals surface area contributed by atoms with Crippen LogP contribution in [0.5, 0.6) is 5.75 Å². The number of ether oxygens (including phenoxy) is 1. The first-order valence-corrected chi connectivity index (χ1v) is 6.94. The molecule has 0 radical (unpaired) electrons. The summed E-state index contributed by atoms with van der Waals surface area (Å²) in [7, 11) is -1.74. The summed E-state index contributed by atoms with van der Waals surface area (Å²) in [4.78, 5) is 0. The molecule has 0 aromatic heterocycles. The summed E-state index contributed by atoms with van der Waals surface area (Å²) in [6, 6.07) is 4.85. The zero-order chi connectivity index (χ0) is 12.9. The molecule has 0 spiro atoms. The molecule has 0 heterocycles. The molecule has 0 fully saturated rings. The summed E-state index contributed by atoms with van der Waals surface area (Å²) >= 11 is 0. The quantitative estimate of drug-likeness (QED) is 0.626. The van der Waals surface area contributed by atoms with Crippen molar-refractivity contribution in [1.82, 2.24) is 0 Å². The number of anilines is 1. The Bertz CT molecular complexity index is 412. The Hall–Kier alpha value is -1.03. The van der Waals surface area contributed by atoms with Gasteiger partial charge in [-0.15, -0.1) is 0 Å². The molecular formula is C11H18NO4P. The van der Waals surface area contributed by atoms with Gasteiger partial charge in [-0.05, 0) is 32.0 Å². The maximum Gasteiger partial charge on any atom is 0.361 e. The molecule has 5 nitrogen and oxygen atoms in total. The van der Waals surface area contributed by atoms with Crippen LogP contribution in [0.2, 0.25) is 0 Å². The summed E-state index contributed by atoms with van der Waals surface area (Å²) in [6.45, 7) is 4.14. The van der Waals surface area contributed by atoms with Gasteiger partial charge in [0.05, 0.1) is 31.3 Å². The number of methoxy groups -OCH3 is 1. The van der Waals surface area contributed by atoms with E-state index < -0.39 is 7.60 Å². The van der Waals surface area contributed by atoms with Crippen LogP contribution in [0.1, 0.15) is 13.8 Å². The highest BCUT2D eigenvalue weighted by Gasteiger charge is 2.27. The molecule has 17 heavy (non-hydrogen) atoms. The predicted octanol–water partition coefficient (Wildman–Crippen LogP) is 2.17. The summed E-state index contributed by atoms with van der Waals surface area (Å²) < 4.78 is 27.9. The minimum Gasteiger partial charge on any atom is -0.495 e. The van der Waals surface area contributed by atoms with Gasteiger partial charge in [-0.3, -0.25) is 4.57 Å². The van der Waals surface area contributed by atoms with Crippen molar-refractivity contribution < 1.29 is 18.3 Å². The molecule has 1 aromatic carbocycles. The molecule has 0 saturated carbocycles. The van der Waals surface area contributed by atoms with E-state index in [2.05, 4.69) is 0 Å². The van der Waals surface area contributed by atoms with E-state index in [9.17, 15) is 4.57 Å². The largest absolute Gasteiger partial charge is 0.495 e. The van der Waals surface area contributed by atoms with E-state index in [1.165, 1.54) is 7.11 Å². The van der Waals surface area contributed by atoms with Gasteiger partial charge in [-0.2, -0.15) is 0 Å². The standard InChI is InChI=1S/C11H18NO4P/c1-4-15-17(13,16-5-2)9-6-7-11(14-3)10(12)8-9/h6-8H,4-5,12H2,1-3H3. The maximum absolute atomic E-state index is 12.4. The van der Waals surface area contributed by atoms with Gasteiger partial charge in [0, 0.05) is 0 Å². The Labute approximate surface area is 101 Å². The van der Waals surface area contributed by atoms with E-state index in [4.69, 9.17) is 19.5 Å². The third-order valence-electron chi connectivity index (χ3n) is 2.13. The minimum atomic E-state index is -3.26. The van der Waals surface area contributed by atoms with Crippen LogP contribution in [0, 0.1) is 0 Å². The smallest absolute Gasteiger partial charge is 0.361 e. The second-order valence-electron chi connectivity index (χ2n) is 3.26. The summed E-state index contributed by atoms with van der Waals surface area (Å²) in [5.41, 5.74) is 6.17. The lowest BCUT2D eigenvalue weighted by Gasteiger charge is -2.18. The highest BCUT2D eigenvalue weighted by Crippen LogP contribution is 2.47. The van der Waals surface area contributed by atoms with Crippen LogP contribution >= 0.6 is 7.60 Å². The normalized spacial score (nSPS) is 11.5. The molecule has 1 aromatic rings. The van der Waals surface area contributed by atoms with E-state index >= 15 is 0 Å². The first kappa shape index (κ1) is 14.0. The topological polar surface area (TPSA) is 70.8 Å². The Balaban J connectivity index is 3.11. The zero-order valence-corrected chi connectivity index (χ0v) is 11.2. The highest BCUT2D eigenvalue weighted by atomic mass is 31.2. The number of benzene rings is 1. The van der Waals surface area contributed by atoms with Gasteiger partial charge in [-0.1, -0.05) is 0 Å². The van der Waals surface area contributed by atoms with Crippen LogP contribution < -0.4 is 15.8 Å². The molecule has 96 valence electrons. The molecule has 0 unspecified atom stereocenters. The lowest BCUT2D eigenvalue weighted by atomic mass is 10.3. The van der Waals surface area contributed by atoms with E-state index in [1.54, 1.807) is 32.0 Å². The first-order chi connectivity index (χ1) is 8.07. The van der Waals surface area contributed by atoms with Crippen molar-refractivity contribution in [2.75, 3.05) is 26.1 Å². The second-order valence-corrected chi connectivity index (χ2v) is 5.29. The fourth-order valence-electron chi connectivity index (χ4n) is 1.42. The Kier molecular flexibility index (Phi) is 5.00. The monoisotopic (exact) mass is 259 g/mol. The van der Waals surface area contributed by atoms with Gasteiger partial charge in [0.2, 0.25) is 0 Å². The van der Waals surface area contributed by atoms with Crippen molar-refractivity contribution in [2.24, 2.45) is 0 Å². The molecule has 2 N–H and O–H groups in total. The molecule has 0 aliphatic heterocycles. The number of hydrogen-bond donors (Lipinski definition) is 1. The van der Waals surface area contributed by atoms with Gasteiger partial charge in [0.15, 0.2) is 0 Å². The summed E-state index contributed by atoms with van der Waals surface area (Å²) in [6.07, 6.45) is 0. The summed E-state index contributed by atoms with van der Waals surface area (Å²) in [5, 5.41) is 0.444. The maximum atomic E-state index is 12.4. The van der Waals surface area contributed by atoms with Crippen LogP contribution in [0.15, 0.2) is 18.2 Å². The molecule has 6 heteroatoms. The third-order valence-corrected chi connectivity index (χ3v) is 4.23. The molecular weight excluding hydrogens is 241 g/mol. The van der Waals surface area contributed by atoms with Crippen molar-refractivity contribution in [1.29, 1.82) is 0 Å². The van der Waals surface area contributed by atoms with E-state index in [1.807, 2.05) is 0 Å². The average molecular weight is 259 g/mol. The first-order valence-electron chi connectivity index (χ1n) is 5.40. The van der Waals surface area contributed by atoms with E-state index in [0.29, 0.717) is 30.0 Å². The van der Waals surface area contributed by atoms with Crippen LogP contribution in [-0.2, 0) is 13.6 Å². The number of rotatable bonds is 6. The lowest BCUT2D eigenvalue weighted by molar-refractivity contribution is 0.230. The van der Waals surface area contributed by atoms with Gasteiger partial charge in [0.25, 0.3) is 0 Å². The van der Waals surface area contributed by atoms with Gasteiger partial charge in [0.1, 0.15) is 5.75 Å². The fourth-order valence-corrected chi connectivity index (χ4v) is 3.03. The van der Waals surface area contributed by atoms with Crippen LogP contribution in [0.3, 0.4) is 0 Å². The van der Waals surface area contributed by atoms with E-state index in [0.717, 1.165) is 0 Å². The van der Waals surface area contributed by atoms with Crippen molar-refractivity contribution >= 4 is 18.6 Å². The Morgan fingerprint density at radius 3 is 2.24 bits per heavy atom. The molecule has 0 bridgehead atoms. The molecule has 0 aliphatic carbocycles. The van der Waals surface area contributed by atoms with Gasteiger partial charge < -0.3 is 19.5 Å². The van der Waals surface area contributed by atoms with E-state index in [-0.39, 0.29) is 0 Å². The predicted molar refractivity (Wildman–Crippen MR) is 67.9 cm³/mol. The Morgan fingerprint density at radius 2 is 1.82 bits per heavy atom. The number of nitrogens with two attached hydrogens (primary N) is 1. The van der Waals surface area contributed by atoms with Crippen molar-refractivity contribution in [3.05, 3.63) is 18.2 Å². The highest BCUT2D eigenvalue weighted by molar-refractivity contribution is 7.62. The fraction of sp³-hybridized carbons (Fsp3) is 0.455. The lowest BCUT2D eigenvalue weighted by Crippen LogP contribution is -2.11. The minimum absolute atomic E-state index is 0.309. The molecule has 0 saturated heterocycles.